The van der Waals surface area contributed by atoms with E-state index in [1.54, 1.807) is 0 Å². The number of rotatable bonds is 15. The van der Waals surface area contributed by atoms with E-state index in [2.05, 4.69) is 30.7 Å². The first kappa shape index (κ1) is 29.4. The lowest BCUT2D eigenvalue weighted by molar-refractivity contribution is -0.141. The molecule has 16 heteroatoms. The van der Waals surface area contributed by atoms with E-state index in [0.717, 1.165) is 35.8 Å². The maximum absolute atomic E-state index is 12.2. The minimum absolute atomic E-state index is 0.0603. The summed E-state index contributed by atoms with van der Waals surface area (Å²) in [5.41, 5.74) is 10.5. The highest BCUT2D eigenvalue weighted by Gasteiger charge is 2.24. The normalized spacial score (nSPS) is 12.0. The van der Waals surface area contributed by atoms with Crippen LogP contribution in [0, 0.1) is 0 Å². The highest BCUT2D eigenvalue weighted by atomic mass is 33.1. The molecule has 32 heavy (non-hydrogen) atoms. The van der Waals surface area contributed by atoms with Crippen LogP contribution in [0.2, 0.25) is 0 Å². The van der Waals surface area contributed by atoms with Gasteiger partial charge in [-0.05, 0) is 0 Å². The smallest absolute Gasteiger partial charge is 0.325 e. The van der Waals surface area contributed by atoms with Gasteiger partial charge in [0.05, 0.1) is 27.3 Å². The molecule has 0 aromatic heterocycles. The van der Waals surface area contributed by atoms with E-state index in [1.165, 1.54) is 0 Å². The van der Waals surface area contributed by atoms with Crippen LogP contribution >= 0.6 is 21.6 Å². The number of hydrogen-bond donors (Lipinski definition) is 6. The summed E-state index contributed by atoms with van der Waals surface area (Å²) < 4.78 is 8.86. The molecule has 0 spiro atoms. The van der Waals surface area contributed by atoms with Crippen molar-refractivity contribution in [2.45, 2.75) is 12.1 Å². The third-order valence-electron chi connectivity index (χ3n) is 3.50. The maximum atomic E-state index is 12.2. The predicted molar refractivity (Wildman–Crippen MR) is 117 cm³/mol. The van der Waals surface area contributed by atoms with Gasteiger partial charge in [0.1, 0.15) is 25.2 Å². The number of carbonyl (C=O) groups is 6. The van der Waals surface area contributed by atoms with Crippen molar-refractivity contribution in [3.8, 4) is 0 Å². The van der Waals surface area contributed by atoms with Gasteiger partial charge < -0.3 is 42.2 Å². The SMILES string of the molecule is COC(=O)CNC(=O)[C@H](CSSC[C@H](NC(=O)CN)C(=O)NCC(=O)OC)NC(=O)CN. The predicted octanol–water partition coefficient (Wildman–Crippen LogP) is -4.17. The van der Waals surface area contributed by atoms with Gasteiger partial charge in [-0.15, -0.1) is 0 Å². The second-order valence-electron chi connectivity index (χ2n) is 5.81. The van der Waals surface area contributed by atoms with Crippen LogP contribution in [0.3, 0.4) is 0 Å². The van der Waals surface area contributed by atoms with Crippen LogP contribution in [0.1, 0.15) is 0 Å². The number of methoxy groups -OCH3 is 2. The van der Waals surface area contributed by atoms with Crippen molar-refractivity contribution in [1.29, 1.82) is 0 Å². The van der Waals surface area contributed by atoms with Crippen molar-refractivity contribution in [2.24, 2.45) is 11.5 Å². The Morgan fingerprint density at radius 2 is 1.06 bits per heavy atom. The van der Waals surface area contributed by atoms with Crippen LogP contribution in [-0.4, -0.2) is 99.6 Å². The van der Waals surface area contributed by atoms with Gasteiger partial charge >= 0.3 is 11.9 Å². The zero-order valence-electron chi connectivity index (χ0n) is 17.6. The number of amides is 4. The number of esters is 2. The maximum Gasteiger partial charge on any atom is 0.325 e. The molecular formula is C16H28N6O8S2. The third-order valence-corrected chi connectivity index (χ3v) is 5.92. The van der Waals surface area contributed by atoms with E-state index in [-0.39, 0.29) is 37.7 Å². The van der Waals surface area contributed by atoms with Gasteiger partial charge in [-0.1, -0.05) is 21.6 Å². The van der Waals surface area contributed by atoms with E-state index < -0.39 is 47.7 Å². The molecule has 0 aromatic carbocycles. The summed E-state index contributed by atoms with van der Waals surface area (Å²) >= 11 is 0. The first-order valence-corrected chi connectivity index (χ1v) is 11.6. The molecule has 0 saturated heterocycles. The highest BCUT2D eigenvalue weighted by Crippen LogP contribution is 2.23. The average Bonchev–Trinajstić information content (AvgIpc) is 2.80. The molecule has 2 atom stereocenters. The van der Waals surface area contributed by atoms with Gasteiger partial charge in [-0.3, -0.25) is 28.8 Å². The minimum atomic E-state index is -1.02. The van der Waals surface area contributed by atoms with Crippen molar-refractivity contribution in [1.82, 2.24) is 21.3 Å². The number of nitrogens with two attached hydrogens (primary N) is 2. The van der Waals surface area contributed by atoms with Crippen molar-refractivity contribution in [2.75, 3.05) is 51.9 Å². The first-order valence-electron chi connectivity index (χ1n) is 9.10. The van der Waals surface area contributed by atoms with E-state index in [0.29, 0.717) is 0 Å². The molecular weight excluding hydrogens is 468 g/mol. The topological polar surface area (TPSA) is 221 Å². The van der Waals surface area contributed by atoms with Gasteiger partial charge in [0.25, 0.3) is 0 Å². The summed E-state index contributed by atoms with van der Waals surface area (Å²) in [5.74, 6) is -3.63. The molecule has 0 aliphatic carbocycles. The van der Waals surface area contributed by atoms with E-state index >= 15 is 0 Å². The summed E-state index contributed by atoms with van der Waals surface area (Å²) in [4.78, 5) is 70.0. The fourth-order valence-electron chi connectivity index (χ4n) is 1.81. The standard InChI is InChI=1S/C16H28N6O8S2/c1-29-13(25)5-19-15(27)9(21-11(23)3-17)7-31-32-8-10(22-12(24)4-18)16(28)20-6-14(26)30-2/h9-10H,3-8,17-18H2,1-2H3,(H,19,27)(H,20,28)(H,21,23)(H,22,24)/t9-,10-/m0/s1. The second kappa shape index (κ2) is 17.0. The monoisotopic (exact) mass is 496 g/mol. The van der Waals surface area contributed by atoms with Crippen LogP contribution in [0.4, 0.5) is 0 Å². The van der Waals surface area contributed by atoms with Gasteiger partial charge in [0, 0.05) is 11.5 Å². The molecule has 8 N–H and O–H groups in total. The number of carbonyl (C=O) groups excluding carboxylic acids is 6. The van der Waals surface area contributed by atoms with Gasteiger partial charge in [0.2, 0.25) is 23.6 Å². The quantitative estimate of drug-likeness (QED) is 0.0722. The van der Waals surface area contributed by atoms with Gasteiger partial charge in [0.15, 0.2) is 0 Å². The van der Waals surface area contributed by atoms with Gasteiger partial charge in [-0.25, -0.2) is 0 Å². The molecule has 0 bridgehead atoms. The Morgan fingerprint density at radius 3 is 1.34 bits per heavy atom. The van der Waals surface area contributed by atoms with Crippen molar-refractivity contribution >= 4 is 57.2 Å². The Morgan fingerprint density at radius 1 is 0.719 bits per heavy atom. The second-order valence-corrected chi connectivity index (χ2v) is 8.36. The van der Waals surface area contributed by atoms with Crippen molar-refractivity contribution < 1.29 is 38.2 Å². The fourth-order valence-corrected chi connectivity index (χ4v) is 4.14. The largest absolute Gasteiger partial charge is 0.468 e. The van der Waals surface area contributed by atoms with Crippen LogP contribution in [0.5, 0.6) is 0 Å². The molecule has 0 radical (unpaired) electrons. The Labute approximate surface area is 192 Å². The van der Waals surface area contributed by atoms with Crippen molar-refractivity contribution in [3.63, 3.8) is 0 Å². The average molecular weight is 497 g/mol. The molecule has 0 unspecified atom stereocenters. The molecule has 0 rings (SSSR count). The Hall–Kier alpha value is -2.56. The first-order chi connectivity index (χ1) is 15.2. The van der Waals surface area contributed by atoms with Gasteiger partial charge in [-0.2, -0.15) is 0 Å². The molecule has 182 valence electrons. The summed E-state index contributed by atoms with van der Waals surface area (Å²) in [5, 5.41) is 9.49. The van der Waals surface area contributed by atoms with Crippen molar-refractivity contribution in [3.05, 3.63) is 0 Å². The Bertz CT molecular complexity index is 625. The molecule has 4 amide bonds. The zero-order valence-corrected chi connectivity index (χ0v) is 19.3. The summed E-state index contributed by atoms with van der Waals surface area (Å²) in [7, 11) is 4.57. The number of ether oxygens (including phenoxy) is 2. The lowest BCUT2D eigenvalue weighted by Crippen LogP contribution is -2.51. The molecule has 0 fully saturated rings. The molecule has 0 aliphatic rings. The Balaban J connectivity index is 4.85. The van der Waals surface area contributed by atoms with E-state index in [4.69, 9.17) is 11.5 Å². The van der Waals surface area contributed by atoms with Crippen LogP contribution in [0.15, 0.2) is 0 Å². The number of nitrogens with one attached hydrogen (secondary N) is 4. The van der Waals surface area contributed by atoms with E-state index in [9.17, 15) is 28.8 Å². The lowest BCUT2D eigenvalue weighted by Gasteiger charge is -2.19. The van der Waals surface area contributed by atoms with Crippen LogP contribution in [0.25, 0.3) is 0 Å². The van der Waals surface area contributed by atoms with E-state index in [1.807, 2.05) is 0 Å². The molecule has 0 aromatic rings. The summed E-state index contributed by atoms with van der Waals surface area (Å²) in [6.45, 7) is -1.44. The molecule has 14 nitrogen and oxygen atoms in total. The summed E-state index contributed by atoms with van der Waals surface area (Å²) in [6, 6.07) is -2.03. The fraction of sp³-hybridized carbons (Fsp3) is 0.625. The molecule has 0 heterocycles. The Kier molecular flexibility index (Phi) is 15.7. The zero-order chi connectivity index (χ0) is 24.5. The van der Waals surface area contributed by atoms with Crippen LogP contribution < -0.4 is 32.7 Å². The highest BCUT2D eigenvalue weighted by molar-refractivity contribution is 8.76. The lowest BCUT2D eigenvalue weighted by atomic mass is 10.3. The van der Waals surface area contributed by atoms with Crippen LogP contribution in [-0.2, 0) is 38.2 Å². The molecule has 0 saturated carbocycles. The third kappa shape index (κ3) is 13.0. The summed E-state index contributed by atoms with van der Waals surface area (Å²) in [6.07, 6.45) is 0. The molecule has 0 aliphatic heterocycles. The number of hydrogen-bond acceptors (Lipinski definition) is 12. The minimum Gasteiger partial charge on any atom is -0.468 e.